The van der Waals surface area contributed by atoms with E-state index in [0.29, 0.717) is 25.7 Å². The van der Waals surface area contributed by atoms with E-state index in [4.69, 9.17) is 0 Å². The fraction of sp³-hybridized carbons (Fsp3) is 0.607. The lowest BCUT2D eigenvalue weighted by Gasteiger charge is -2.41. The highest BCUT2D eigenvalue weighted by molar-refractivity contribution is 6.03. The summed E-state index contributed by atoms with van der Waals surface area (Å²) in [5.41, 5.74) is -1.11. The molecule has 13 heteroatoms. The minimum Gasteiger partial charge on any atom is -0.480 e. The molecule has 0 amide bonds. The van der Waals surface area contributed by atoms with Crippen molar-refractivity contribution in [2.24, 2.45) is 0 Å². The molecule has 3 atom stereocenters. The summed E-state index contributed by atoms with van der Waals surface area (Å²) in [6.07, 6.45) is 2.24. The number of hydrogen-bond donors (Lipinski definition) is 5. The number of nitrogens with zero attached hydrogens (tertiary/aromatic N) is 3. The summed E-state index contributed by atoms with van der Waals surface area (Å²) in [6.45, 7) is 3.65. The van der Waals surface area contributed by atoms with E-state index in [1.165, 1.54) is 9.80 Å². The summed E-state index contributed by atoms with van der Waals surface area (Å²) in [6, 6.07) is 5.24. The molecule has 1 saturated carbocycles. The molecule has 13 nitrogen and oxygen atoms in total. The number of carbonyl (C=O) groups is 5. The molecule has 5 N–H and O–H groups in total. The van der Waals surface area contributed by atoms with Crippen LogP contribution < -0.4 is 0 Å². The van der Waals surface area contributed by atoms with Crippen LogP contribution in [0.4, 0.5) is 0 Å². The minimum atomic E-state index is -2.73. The van der Waals surface area contributed by atoms with Gasteiger partial charge in [0, 0.05) is 24.7 Å². The molecular weight excluding hydrogens is 538 g/mol. The molecule has 2 aliphatic rings. The molecule has 1 aromatic rings. The molecule has 3 unspecified atom stereocenters. The second-order valence-corrected chi connectivity index (χ2v) is 11.9. The number of hydrogen-bond acceptors (Lipinski definition) is 8. The third kappa shape index (κ3) is 6.85. The van der Waals surface area contributed by atoms with Crippen molar-refractivity contribution in [3.05, 3.63) is 35.4 Å². The molecule has 2 fully saturated rings. The summed E-state index contributed by atoms with van der Waals surface area (Å²) in [4.78, 5) is 64.5. The van der Waals surface area contributed by atoms with Crippen LogP contribution in [0.15, 0.2) is 24.3 Å². The van der Waals surface area contributed by atoms with Crippen molar-refractivity contribution in [1.29, 1.82) is 0 Å². The monoisotopic (exact) mass is 577 g/mol. The van der Waals surface area contributed by atoms with Crippen LogP contribution in [0.5, 0.6) is 0 Å². The van der Waals surface area contributed by atoms with Gasteiger partial charge in [0.25, 0.3) is 5.66 Å². The van der Waals surface area contributed by atoms with Crippen LogP contribution in [0, 0.1) is 0 Å². The van der Waals surface area contributed by atoms with Crippen LogP contribution in [-0.2, 0) is 35.8 Å². The molecule has 1 aromatic carbocycles. The normalized spacial score (nSPS) is 21.8. The van der Waals surface area contributed by atoms with Crippen molar-refractivity contribution in [2.75, 3.05) is 26.2 Å². The van der Waals surface area contributed by atoms with E-state index in [9.17, 15) is 49.5 Å². The second-order valence-electron chi connectivity index (χ2n) is 11.9. The molecule has 1 saturated heterocycles. The van der Waals surface area contributed by atoms with Crippen molar-refractivity contribution in [1.82, 2.24) is 14.7 Å². The van der Waals surface area contributed by atoms with Crippen molar-refractivity contribution in [2.45, 2.75) is 82.1 Å². The Bertz CT molecular complexity index is 1130. The molecule has 0 spiro atoms. The molecule has 3 rings (SSSR count). The average molecular weight is 578 g/mol. The van der Waals surface area contributed by atoms with Gasteiger partial charge in [0.2, 0.25) is 0 Å². The number of rotatable bonds is 13. The molecule has 226 valence electrons. The third-order valence-electron chi connectivity index (χ3n) is 8.12. The van der Waals surface area contributed by atoms with E-state index in [1.807, 2.05) is 45.0 Å². The van der Waals surface area contributed by atoms with Crippen LogP contribution in [0.3, 0.4) is 0 Å². The number of carboxylic acids is 5. The number of aliphatic carboxylic acids is 5. The Morgan fingerprint density at radius 1 is 0.829 bits per heavy atom. The van der Waals surface area contributed by atoms with E-state index < -0.39 is 73.3 Å². The molecule has 0 radical (unpaired) electrons. The number of carboxylic acid groups (broad SMARTS) is 5. The topological polar surface area (TPSA) is 196 Å². The van der Waals surface area contributed by atoms with Gasteiger partial charge in [0.05, 0.1) is 19.6 Å². The van der Waals surface area contributed by atoms with Crippen molar-refractivity contribution >= 4 is 29.8 Å². The predicted molar refractivity (Wildman–Crippen MR) is 145 cm³/mol. The Hall–Kier alpha value is -3.55. The fourth-order valence-corrected chi connectivity index (χ4v) is 6.30. The summed E-state index contributed by atoms with van der Waals surface area (Å²) >= 11 is 0. The van der Waals surface area contributed by atoms with Gasteiger partial charge in [0.1, 0.15) is 0 Å². The van der Waals surface area contributed by atoms with Crippen molar-refractivity contribution in [3.8, 4) is 0 Å². The summed E-state index contributed by atoms with van der Waals surface area (Å²) in [7, 11) is 0. The molecule has 1 aliphatic heterocycles. The minimum absolute atomic E-state index is 0.104. The molecule has 41 heavy (non-hydrogen) atoms. The van der Waals surface area contributed by atoms with Gasteiger partial charge in [0.15, 0.2) is 0 Å². The Morgan fingerprint density at radius 2 is 1.32 bits per heavy atom. The first-order valence-electron chi connectivity index (χ1n) is 13.6. The van der Waals surface area contributed by atoms with Gasteiger partial charge in [-0.1, -0.05) is 57.9 Å². The van der Waals surface area contributed by atoms with Crippen LogP contribution in [0.2, 0.25) is 0 Å². The highest BCUT2D eigenvalue weighted by Gasteiger charge is 2.67. The van der Waals surface area contributed by atoms with Gasteiger partial charge < -0.3 is 25.5 Å². The van der Waals surface area contributed by atoms with Gasteiger partial charge in [-0.15, -0.1) is 0 Å². The Kier molecular flexibility index (Phi) is 9.77. The largest absolute Gasteiger partial charge is 0.480 e. The SMILES string of the molecule is CC(C)(C)c1ccc(CC(CN2C3CCCCC3N(CC(=O)O)C2(C(=O)O)C(=O)O)N(CC(=O)O)CC(=O)O)cc1. The van der Waals surface area contributed by atoms with Gasteiger partial charge in [-0.05, 0) is 35.8 Å². The standard InChI is InChI=1S/C28H39N3O10/c1-27(2,3)18-10-8-17(9-11-18)12-19(29(14-22(32)33)15-23(34)35)13-30-20-6-4-5-7-21(20)31(16-24(36)37)28(30,25(38)39)26(40)41/h8-11,19-21H,4-7,12-16H2,1-3H3,(H,32,33)(H,34,35)(H,36,37)(H,38,39)(H,40,41). The van der Waals surface area contributed by atoms with Crippen molar-refractivity contribution < 1.29 is 49.5 Å². The zero-order valence-electron chi connectivity index (χ0n) is 23.5. The van der Waals surface area contributed by atoms with Gasteiger partial charge in [-0.3, -0.25) is 29.1 Å². The van der Waals surface area contributed by atoms with Crippen LogP contribution in [0.1, 0.15) is 57.6 Å². The third-order valence-corrected chi connectivity index (χ3v) is 8.12. The van der Waals surface area contributed by atoms with Gasteiger partial charge in [-0.2, -0.15) is 0 Å². The quantitative estimate of drug-likeness (QED) is 0.210. The average Bonchev–Trinajstić information content (AvgIpc) is 3.12. The maximum Gasteiger partial charge on any atom is 0.351 e. The first kappa shape index (κ1) is 32.0. The van der Waals surface area contributed by atoms with E-state index in [2.05, 4.69) is 0 Å². The Balaban J connectivity index is 2.13. The summed E-state index contributed by atoms with van der Waals surface area (Å²) in [5.74, 6) is -7.48. The molecule has 1 heterocycles. The lowest BCUT2D eigenvalue weighted by molar-refractivity contribution is -0.181. The molecular formula is C28H39N3O10. The zero-order chi connectivity index (χ0) is 30.7. The Morgan fingerprint density at radius 3 is 1.73 bits per heavy atom. The highest BCUT2D eigenvalue weighted by atomic mass is 16.4. The van der Waals surface area contributed by atoms with Gasteiger partial charge >= 0.3 is 29.8 Å². The lowest BCUT2D eigenvalue weighted by Crippen LogP contribution is -2.68. The maximum atomic E-state index is 12.8. The summed E-state index contributed by atoms with van der Waals surface area (Å²) < 4.78 is 0. The molecule has 0 bridgehead atoms. The summed E-state index contributed by atoms with van der Waals surface area (Å²) in [5, 5.41) is 49.6. The number of fused-ring (bicyclic) bond motifs is 1. The lowest BCUT2D eigenvalue weighted by atomic mass is 9.86. The fourth-order valence-electron chi connectivity index (χ4n) is 6.30. The van der Waals surface area contributed by atoms with E-state index in [0.717, 1.165) is 16.0 Å². The van der Waals surface area contributed by atoms with E-state index in [1.54, 1.807) is 0 Å². The molecule has 1 aliphatic carbocycles. The van der Waals surface area contributed by atoms with E-state index >= 15 is 0 Å². The Labute approximate surface area is 238 Å². The van der Waals surface area contributed by atoms with Gasteiger partial charge in [-0.25, -0.2) is 9.59 Å². The molecule has 0 aromatic heterocycles. The maximum absolute atomic E-state index is 12.8. The van der Waals surface area contributed by atoms with Crippen LogP contribution >= 0.6 is 0 Å². The first-order chi connectivity index (χ1) is 19.1. The number of benzene rings is 1. The van der Waals surface area contributed by atoms with Crippen LogP contribution in [-0.4, -0.2) is 120 Å². The highest BCUT2D eigenvalue weighted by Crippen LogP contribution is 2.43. The van der Waals surface area contributed by atoms with Crippen molar-refractivity contribution in [3.63, 3.8) is 0 Å². The zero-order valence-corrected chi connectivity index (χ0v) is 23.5. The smallest absolute Gasteiger partial charge is 0.351 e. The van der Waals surface area contributed by atoms with Crippen LogP contribution in [0.25, 0.3) is 0 Å². The second kappa shape index (κ2) is 12.5. The predicted octanol–water partition coefficient (Wildman–Crippen LogP) is 1.25. The first-order valence-corrected chi connectivity index (χ1v) is 13.6. The van der Waals surface area contributed by atoms with E-state index in [-0.39, 0.29) is 18.4 Å².